The van der Waals surface area contributed by atoms with Gasteiger partial charge in [-0.25, -0.2) is 9.37 Å². The summed E-state index contributed by atoms with van der Waals surface area (Å²) in [6.07, 6.45) is 11.8. The Morgan fingerprint density at radius 3 is 2.67 bits per heavy atom. The highest BCUT2D eigenvalue weighted by Gasteiger charge is 2.23. The molecule has 0 spiro atoms. The molecule has 5 heteroatoms. The maximum Gasteiger partial charge on any atom is 0.137 e. The van der Waals surface area contributed by atoms with Crippen LogP contribution in [0, 0.1) is 17.7 Å². The first-order valence-electron chi connectivity index (χ1n) is 10.9. The number of aromatic nitrogens is 2. The fourth-order valence-electron chi connectivity index (χ4n) is 4.78. The van der Waals surface area contributed by atoms with E-state index in [9.17, 15) is 4.39 Å². The number of fused-ring (bicyclic) bond motifs is 1. The van der Waals surface area contributed by atoms with E-state index in [0.717, 1.165) is 54.1 Å². The zero-order valence-corrected chi connectivity index (χ0v) is 17.1. The Hall–Kier alpha value is -2.79. The van der Waals surface area contributed by atoms with E-state index in [4.69, 9.17) is 4.99 Å². The van der Waals surface area contributed by atoms with Crippen LogP contribution in [0.1, 0.15) is 43.2 Å². The molecule has 2 N–H and O–H groups in total. The summed E-state index contributed by atoms with van der Waals surface area (Å²) in [5.74, 6) is 1.03. The van der Waals surface area contributed by atoms with Crippen LogP contribution >= 0.6 is 0 Å². The second-order valence-corrected chi connectivity index (χ2v) is 8.45. The fourth-order valence-corrected chi connectivity index (χ4v) is 4.78. The maximum absolute atomic E-state index is 13.5. The quantitative estimate of drug-likeness (QED) is 0.597. The predicted octanol–water partition coefficient (Wildman–Crippen LogP) is 5.44. The largest absolute Gasteiger partial charge is 0.346 e. The van der Waals surface area contributed by atoms with Crippen LogP contribution in [-0.4, -0.2) is 29.3 Å². The number of hydrogen-bond donors (Lipinski definition) is 2. The van der Waals surface area contributed by atoms with E-state index in [1.807, 2.05) is 24.5 Å². The molecule has 1 atom stereocenters. The molecule has 2 aliphatic heterocycles. The molecule has 5 rings (SSSR count). The third-order valence-electron chi connectivity index (χ3n) is 6.47. The molecule has 1 saturated heterocycles. The molecule has 1 unspecified atom stereocenters. The third-order valence-corrected chi connectivity index (χ3v) is 6.47. The number of aromatic amines is 1. The lowest BCUT2D eigenvalue weighted by Gasteiger charge is -2.26. The van der Waals surface area contributed by atoms with Crippen molar-refractivity contribution in [1.82, 2.24) is 15.3 Å². The average Bonchev–Trinajstić information content (AvgIpc) is 3.28. The number of piperidine rings is 1. The molecule has 0 amide bonds. The van der Waals surface area contributed by atoms with Gasteiger partial charge < -0.3 is 10.3 Å². The van der Waals surface area contributed by atoms with Crippen LogP contribution in [0.15, 0.2) is 53.8 Å². The number of benzene rings is 1. The van der Waals surface area contributed by atoms with Crippen LogP contribution in [0.25, 0.3) is 22.3 Å². The third kappa shape index (κ3) is 3.94. The Labute approximate surface area is 176 Å². The Kier molecular flexibility index (Phi) is 5.45. The van der Waals surface area contributed by atoms with E-state index in [0.29, 0.717) is 5.92 Å². The second-order valence-electron chi connectivity index (χ2n) is 8.45. The number of H-pyrrole nitrogens is 1. The standard InChI is InChI=1S/C25H27FN4/c26-20-5-3-19(4-6-20)24-23(21-9-13-28-25-22(21)10-14-29-25)15-18(16-30-24)2-1-17-7-11-27-12-8-17/h3-6,9-10,13-14,16-18,27H,1-2,7-8,11-12,15H2,(H,28,29). The number of allylic oxidation sites excluding steroid dienone is 1. The maximum atomic E-state index is 13.5. The molecule has 1 fully saturated rings. The molecule has 0 aliphatic carbocycles. The van der Waals surface area contributed by atoms with Crippen molar-refractivity contribution in [3.8, 4) is 0 Å². The molecule has 1 aromatic carbocycles. The number of halogens is 1. The molecule has 154 valence electrons. The van der Waals surface area contributed by atoms with E-state index >= 15 is 0 Å². The normalized spacial score (nSPS) is 20.2. The first kappa shape index (κ1) is 19.2. The van der Waals surface area contributed by atoms with Crippen molar-refractivity contribution >= 4 is 28.5 Å². The zero-order chi connectivity index (χ0) is 20.3. The number of aliphatic imine (C=N–C) groups is 1. The van der Waals surface area contributed by atoms with Gasteiger partial charge in [0.25, 0.3) is 0 Å². The van der Waals surface area contributed by atoms with Crippen LogP contribution < -0.4 is 5.32 Å². The van der Waals surface area contributed by atoms with Crippen LogP contribution in [-0.2, 0) is 0 Å². The minimum Gasteiger partial charge on any atom is -0.346 e. The molecular weight excluding hydrogens is 375 g/mol. The second kappa shape index (κ2) is 8.52. The van der Waals surface area contributed by atoms with E-state index in [-0.39, 0.29) is 5.82 Å². The molecule has 0 bridgehead atoms. The average molecular weight is 403 g/mol. The van der Waals surface area contributed by atoms with Crippen molar-refractivity contribution in [2.75, 3.05) is 13.1 Å². The monoisotopic (exact) mass is 402 g/mol. The highest BCUT2D eigenvalue weighted by atomic mass is 19.1. The van der Waals surface area contributed by atoms with Gasteiger partial charge in [-0.2, -0.15) is 0 Å². The Morgan fingerprint density at radius 1 is 1.00 bits per heavy atom. The van der Waals surface area contributed by atoms with Gasteiger partial charge in [-0.05, 0) is 105 Å². The zero-order valence-electron chi connectivity index (χ0n) is 17.1. The van der Waals surface area contributed by atoms with Crippen molar-refractivity contribution < 1.29 is 4.39 Å². The van der Waals surface area contributed by atoms with Gasteiger partial charge in [-0.15, -0.1) is 0 Å². The van der Waals surface area contributed by atoms with Crippen molar-refractivity contribution in [3.63, 3.8) is 0 Å². The van der Waals surface area contributed by atoms with Crippen LogP contribution in [0.4, 0.5) is 4.39 Å². The first-order valence-corrected chi connectivity index (χ1v) is 10.9. The number of pyridine rings is 1. The molecule has 0 saturated carbocycles. The summed E-state index contributed by atoms with van der Waals surface area (Å²) in [6.45, 7) is 2.29. The molecule has 3 aromatic rings. The van der Waals surface area contributed by atoms with Crippen molar-refractivity contribution in [2.24, 2.45) is 16.8 Å². The SMILES string of the molecule is Fc1ccc(C2=C(c3ccnc4[nH]ccc34)CC(CCC3CCNCC3)C=N2)cc1. The Bertz CT molecular complexity index is 1070. The van der Waals surface area contributed by atoms with Gasteiger partial charge in [-0.3, -0.25) is 4.99 Å². The number of rotatable bonds is 5. The Balaban J connectivity index is 1.47. The smallest absolute Gasteiger partial charge is 0.137 e. The van der Waals surface area contributed by atoms with E-state index in [1.165, 1.54) is 42.5 Å². The van der Waals surface area contributed by atoms with Gasteiger partial charge in [0, 0.05) is 29.6 Å². The van der Waals surface area contributed by atoms with E-state index < -0.39 is 0 Å². The first-order chi connectivity index (χ1) is 14.8. The molecule has 4 nitrogen and oxygen atoms in total. The lowest BCUT2D eigenvalue weighted by atomic mass is 9.83. The molecule has 30 heavy (non-hydrogen) atoms. The fraction of sp³-hybridized carbons (Fsp3) is 0.360. The molecule has 4 heterocycles. The van der Waals surface area contributed by atoms with Crippen LogP contribution in [0.5, 0.6) is 0 Å². The Morgan fingerprint density at radius 2 is 1.83 bits per heavy atom. The minimum absolute atomic E-state index is 0.225. The molecule has 2 aliphatic rings. The van der Waals surface area contributed by atoms with Crippen molar-refractivity contribution in [3.05, 3.63) is 65.7 Å². The molecular formula is C25H27FN4. The summed E-state index contributed by atoms with van der Waals surface area (Å²) in [4.78, 5) is 12.6. The summed E-state index contributed by atoms with van der Waals surface area (Å²) < 4.78 is 13.5. The van der Waals surface area contributed by atoms with Crippen LogP contribution in [0.2, 0.25) is 0 Å². The lowest BCUT2D eigenvalue weighted by molar-refractivity contribution is 0.337. The van der Waals surface area contributed by atoms with Gasteiger partial charge in [0.15, 0.2) is 0 Å². The van der Waals surface area contributed by atoms with Crippen LogP contribution in [0.3, 0.4) is 0 Å². The summed E-state index contributed by atoms with van der Waals surface area (Å²) >= 11 is 0. The summed E-state index contributed by atoms with van der Waals surface area (Å²) in [5.41, 5.74) is 5.19. The van der Waals surface area contributed by atoms with Gasteiger partial charge in [0.2, 0.25) is 0 Å². The topological polar surface area (TPSA) is 53.1 Å². The van der Waals surface area contributed by atoms with Crippen molar-refractivity contribution in [2.45, 2.75) is 32.1 Å². The minimum atomic E-state index is -0.225. The molecule has 2 aromatic heterocycles. The van der Waals surface area contributed by atoms with Crippen molar-refractivity contribution in [1.29, 1.82) is 0 Å². The number of hydrogen-bond acceptors (Lipinski definition) is 3. The number of nitrogens with zero attached hydrogens (tertiary/aromatic N) is 2. The summed E-state index contributed by atoms with van der Waals surface area (Å²) in [7, 11) is 0. The highest BCUT2D eigenvalue weighted by Crippen LogP contribution is 2.39. The summed E-state index contributed by atoms with van der Waals surface area (Å²) in [6, 6.07) is 10.8. The molecule has 0 radical (unpaired) electrons. The van der Waals surface area contributed by atoms with Gasteiger partial charge in [-0.1, -0.05) is 0 Å². The van der Waals surface area contributed by atoms with Gasteiger partial charge in [0.05, 0.1) is 5.70 Å². The van der Waals surface area contributed by atoms with E-state index in [2.05, 4.69) is 33.6 Å². The van der Waals surface area contributed by atoms with E-state index in [1.54, 1.807) is 0 Å². The lowest BCUT2D eigenvalue weighted by Crippen LogP contribution is -2.28. The number of nitrogens with one attached hydrogen (secondary N) is 2. The summed E-state index contributed by atoms with van der Waals surface area (Å²) in [5, 5.41) is 4.57. The van der Waals surface area contributed by atoms with Gasteiger partial charge >= 0.3 is 0 Å². The highest BCUT2D eigenvalue weighted by molar-refractivity contribution is 6.02. The predicted molar refractivity (Wildman–Crippen MR) is 121 cm³/mol. The van der Waals surface area contributed by atoms with Gasteiger partial charge in [0.1, 0.15) is 11.5 Å².